The molecule has 1 amide bonds. The average Bonchev–Trinajstić information content (AvgIpc) is 3.68. The van der Waals surface area contributed by atoms with Crippen molar-refractivity contribution in [3.8, 4) is 11.4 Å². The van der Waals surface area contributed by atoms with Gasteiger partial charge in [0.15, 0.2) is 28.8 Å². The number of nitrogens with one attached hydrogen (secondary N) is 2. The van der Waals surface area contributed by atoms with Gasteiger partial charge in [-0.15, -0.1) is 0 Å². The van der Waals surface area contributed by atoms with Crippen molar-refractivity contribution < 1.29 is 17.6 Å². The number of hydrogen-bond donors (Lipinski definition) is 2. The zero-order valence-corrected chi connectivity index (χ0v) is 24.8. The van der Waals surface area contributed by atoms with Gasteiger partial charge in [-0.2, -0.15) is 5.10 Å². The van der Waals surface area contributed by atoms with Crippen LogP contribution in [0.25, 0.3) is 28.1 Å². The summed E-state index contributed by atoms with van der Waals surface area (Å²) in [6.07, 6.45) is 11.3. The van der Waals surface area contributed by atoms with E-state index >= 15 is 4.39 Å². The van der Waals surface area contributed by atoms with E-state index in [2.05, 4.69) is 40.7 Å². The van der Waals surface area contributed by atoms with Crippen molar-refractivity contribution in [1.29, 1.82) is 0 Å². The van der Waals surface area contributed by atoms with Gasteiger partial charge >= 0.3 is 0 Å². The normalized spacial score (nSPS) is 17.0. The second kappa shape index (κ2) is 11.3. The van der Waals surface area contributed by atoms with Gasteiger partial charge in [0, 0.05) is 47.7 Å². The van der Waals surface area contributed by atoms with Gasteiger partial charge in [-0.25, -0.2) is 46.2 Å². The molecule has 228 valence electrons. The molecule has 13 nitrogen and oxygen atoms in total. The number of aryl methyl sites for hydroxylation is 1. The topological polar surface area (TPSA) is 162 Å². The van der Waals surface area contributed by atoms with Crippen LogP contribution in [0.2, 0.25) is 0 Å². The van der Waals surface area contributed by atoms with E-state index in [9.17, 15) is 13.2 Å². The lowest BCUT2D eigenvalue weighted by atomic mass is 9.91. The molecule has 5 aromatic heterocycles. The monoisotopic (exact) mass is 626 g/mol. The fourth-order valence-corrected chi connectivity index (χ4v) is 6.89. The number of rotatable bonds is 7. The largest absolute Gasteiger partial charge is 0.365 e. The van der Waals surface area contributed by atoms with E-state index in [1.165, 1.54) is 30.9 Å². The van der Waals surface area contributed by atoms with Gasteiger partial charge in [-0.1, -0.05) is 17.7 Å². The standard InChI is InChI=1S/C30H27FN10O3S/c1-18-5-7-21(8-6-18)45(43,44)41-16-23(22-14-32-17-34-29(22)41)27-33-15-24(31)28(39-27)36-19-3-2-4-20(13-19)37-30(42)25-10-12-40-26(38-25)9-11-35-40/h5-12,14-17,19-20H,2-4,13H2,1H3,(H,37,42)(H,33,36,39)/t19-,20+/m0/s1. The molecule has 0 spiro atoms. The van der Waals surface area contributed by atoms with Crippen molar-refractivity contribution >= 4 is 38.4 Å². The molecule has 0 aliphatic heterocycles. The Morgan fingerprint density at radius 1 is 1.02 bits per heavy atom. The summed E-state index contributed by atoms with van der Waals surface area (Å²) in [5.41, 5.74) is 2.27. The third kappa shape index (κ3) is 5.46. The van der Waals surface area contributed by atoms with Crippen molar-refractivity contribution in [2.45, 2.75) is 49.6 Å². The van der Waals surface area contributed by atoms with Gasteiger partial charge in [0.25, 0.3) is 15.9 Å². The van der Waals surface area contributed by atoms with Crippen LogP contribution in [0.4, 0.5) is 10.2 Å². The number of nitrogens with zero attached hydrogens (tertiary/aromatic N) is 8. The first kappa shape index (κ1) is 28.5. The number of amides is 1. The molecule has 1 fully saturated rings. The first-order valence-corrected chi connectivity index (χ1v) is 15.7. The molecule has 1 saturated carbocycles. The van der Waals surface area contributed by atoms with Crippen LogP contribution in [-0.2, 0) is 10.0 Å². The summed E-state index contributed by atoms with van der Waals surface area (Å²) in [7, 11) is -4.02. The average molecular weight is 627 g/mol. The number of hydrogen-bond acceptors (Lipinski definition) is 10. The summed E-state index contributed by atoms with van der Waals surface area (Å²) in [4.78, 5) is 34.3. The SMILES string of the molecule is Cc1ccc(S(=O)(=O)n2cc(-c3ncc(F)c(N[C@H]4CCC[C@@H](NC(=O)c5ccn6nccc6n5)C4)n3)c3cncnc32)cc1. The number of anilines is 1. The van der Waals surface area contributed by atoms with Gasteiger partial charge in [-0.3, -0.25) is 4.79 Å². The second-order valence-electron chi connectivity index (χ2n) is 10.9. The van der Waals surface area contributed by atoms with E-state index in [-0.39, 0.29) is 45.9 Å². The van der Waals surface area contributed by atoms with Crippen LogP contribution in [0.15, 0.2) is 78.6 Å². The Morgan fingerprint density at radius 2 is 1.84 bits per heavy atom. The Bertz CT molecular complexity index is 2160. The maximum atomic E-state index is 15.0. The van der Waals surface area contributed by atoms with Crippen molar-refractivity contribution in [1.82, 2.24) is 43.8 Å². The van der Waals surface area contributed by atoms with Crippen molar-refractivity contribution in [2.24, 2.45) is 0 Å². The molecule has 45 heavy (non-hydrogen) atoms. The zero-order chi connectivity index (χ0) is 31.1. The van der Waals surface area contributed by atoms with Gasteiger partial charge < -0.3 is 10.6 Å². The summed E-state index contributed by atoms with van der Waals surface area (Å²) in [6.45, 7) is 1.87. The van der Waals surface area contributed by atoms with Gasteiger partial charge in [0.2, 0.25) is 0 Å². The Balaban J connectivity index is 1.13. The molecule has 7 rings (SSSR count). The smallest absolute Gasteiger partial charge is 0.270 e. The highest BCUT2D eigenvalue weighted by Gasteiger charge is 2.27. The Labute approximate surface area is 256 Å². The van der Waals surface area contributed by atoms with E-state index in [1.807, 2.05) is 6.92 Å². The molecular weight excluding hydrogens is 599 g/mol. The van der Waals surface area contributed by atoms with Crippen molar-refractivity contribution in [3.05, 3.63) is 90.8 Å². The lowest BCUT2D eigenvalue weighted by molar-refractivity contribution is 0.0921. The van der Waals surface area contributed by atoms with Crippen LogP contribution in [0.3, 0.4) is 0 Å². The minimum absolute atomic E-state index is 0.0241. The second-order valence-corrected chi connectivity index (χ2v) is 12.7. The first-order chi connectivity index (χ1) is 21.8. The summed E-state index contributed by atoms with van der Waals surface area (Å²) in [6, 6.07) is 9.48. The molecule has 15 heteroatoms. The van der Waals surface area contributed by atoms with Gasteiger partial charge in [-0.05, 0) is 50.8 Å². The van der Waals surface area contributed by atoms with Crippen LogP contribution in [0.5, 0.6) is 0 Å². The molecule has 0 bridgehead atoms. The molecule has 2 atom stereocenters. The number of aromatic nitrogens is 8. The Kier molecular flexibility index (Phi) is 7.16. The predicted molar refractivity (Wildman–Crippen MR) is 162 cm³/mol. The molecule has 0 unspecified atom stereocenters. The van der Waals surface area contributed by atoms with E-state index < -0.39 is 15.8 Å². The van der Waals surface area contributed by atoms with Crippen LogP contribution >= 0.6 is 0 Å². The molecule has 2 N–H and O–H groups in total. The van der Waals surface area contributed by atoms with Crippen molar-refractivity contribution in [3.63, 3.8) is 0 Å². The number of benzene rings is 1. The van der Waals surface area contributed by atoms with Crippen LogP contribution in [0, 0.1) is 12.7 Å². The number of carbonyl (C=O) groups excluding carboxylic acids is 1. The van der Waals surface area contributed by atoms with Crippen LogP contribution in [-0.4, -0.2) is 64.9 Å². The Morgan fingerprint density at radius 3 is 2.69 bits per heavy atom. The lowest BCUT2D eigenvalue weighted by Gasteiger charge is -2.30. The van der Waals surface area contributed by atoms with Crippen molar-refractivity contribution in [2.75, 3.05) is 5.32 Å². The maximum Gasteiger partial charge on any atom is 0.270 e. The number of fused-ring (bicyclic) bond motifs is 2. The molecule has 6 aromatic rings. The fourth-order valence-electron chi connectivity index (χ4n) is 5.56. The molecule has 0 radical (unpaired) electrons. The minimum atomic E-state index is -4.02. The van der Waals surface area contributed by atoms with Crippen LogP contribution in [0.1, 0.15) is 41.7 Å². The highest BCUT2D eigenvalue weighted by Crippen LogP contribution is 2.31. The predicted octanol–water partition coefficient (Wildman–Crippen LogP) is 3.77. The Hall–Kier alpha value is -5.31. The maximum absolute atomic E-state index is 15.0. The fraction of sp³-hybridized carbons (Fsp3) is 0.233. The molecular formula is C30H27FN10O3S. The van der Waals surface area contributed by atoms with E-state index in [0.29, 0.717) is 23.0 Å². The van der Waals surface area contributed by atoms with E-state index in [0.717, 1.165) is 35.0 Å². The molecule has 1 aliphatic rings. The number of halogens is 1. The summed E-state index contributed by atoms with van der Waals surface area (Å²) < 4.78 is 44.8. The first-order valence-electron chi connectivity index (χ1n) is 14.3. The van der Waals surface area contributed by atoms with Crippen LogP contribution < -0.4 is 10.6 Å². The molecule has 5 heterocycles. The zero-order valence-electron chi connectivity index (χ0n) is 24.0. The lowest BCUT2D eigenvalue weighted by Crippen LogP contribution is -2.42. The summed E-state index contributed by atoms with van der Waals surface area (Å²) in [5.74, 6) is -0.864. The summed E-state index contributed by atoms with van der Waals surface area (Å²) in [5, 5.41) is 10.7. The number of carbonyl (C=O) groups is 1. The van der Waals surface area contributed by atoms with Gasteiger partial charge in [0.05, 0.1) is 17.3 Å². The quantitative estimate of drug-likeness (QED) is 0.267. The third-order valence-corrected chi connectivity index (χ3v) is 9.50. The highest BCUT2D eigenvalue weighted by atomic mass is 32.2. The summed E-state index contributed by atoms with van der Waals surface area (Å²) >= 11 is 0. The molecule has 0 saturated heterocycles. The van der Waals surface area contributed by atoms with E-state index in [1.54, 1.807) is 41.2 Å². The van der Waals surface area contributed by atoms with E-state index in [4.69, 9.17) is 0 Å². The molecule has 1 aromatic carbocycles. The highest BCUT2D eigenvalue weighted by molar-refractivity contribution is 7.90. The minimum Gasteiger partial charge on any atom is -0.365 e. The molecule has 1 aliphatic carbocycles. The third-order valence-electron chi connectivity index (χ3n) is 7.84. The van der Waals surface area contributed by atoms with Gasteiger partial charge in [0.1, 0.15) is 12.0 Å².